The van der Waals surface area contributed by atoms with Crippen LogP contribution in [0, 0.1) is 0 Å². The Morgan fingerprint density at radius 2 is 2.24 bits per heavy atom. The van der Waals surface area contributed by atoms with Gasteiger partial charge >= 0.3 is 0 Å². The van der Waals surface area contributed by atoms with Gasteiger partial charge in [0.25, 0.3) is 0 Å². The van der Waals surface area contributed by atoms with Crippen molar-refractivity contribution in [2.75, 3.05) is 6.54 Å². The van der Waals surface area contributed by atoms with E-state index in [-0.39, 0.29) is 0 Å². The lowest BCUT2D eigenvalue weighted by Crippen LogP contribution is -2.13. The first-order valence-corrected chi connectivity index (χ1v) is 5.85. The number of aromatic nitrogens is 5. The Hall–Kier alpha value is -1.69. The van der Waals surface area contributed by atoms with Crippen molar-refractivity contribution in [1.29, 1.82) is 0 Å². The maximum Gasteiger partial charge on any atom is 0.0964 e. The third-order valence-corrected chi connectivity index (χ3v) is 2.42. The third-order valence-electron chi connectivity index (χ3n) is 2.42. The largest absolute Gasteiger partial charge is 0.311 e. The van der Waals surface area contributed by atoms with Crippen LogP contribution in [0.4, 0.5) is 0 Å². The average molecular weight is 234 g/mol. The molecule has 0 saturated carbocycles. The van der Waals surface area contributed by atoms with Gasteiger partial charge in [-0.2, -0.15) is 5.10 Å². The van der Waals surface area contributed by atoms with Gasteiger partial charge in [0, 0.05) is 25.4 Å². The number of nitrogens with zero attached hydrogens (tertiary/aromatic N) is 5. The van der Waals surface area contributed by atoms with E-state index in [9.17, 15) is 0 Å². The Morgan fingerprint density at radius 1 is 1.35 bits per heavy atom. The molecule has 6 nitrogen and oxygen atoms in total. The molecular weight excluding hydrogens is 216 g/mol. The molecule has 0 atom stereocenters. The number of rotatable bonds is 6. The summed E-state index contributed by atoms with van der Waals surface area (Å²) in [5, 5.41) is 15.6. The minimum absolute atomic E-state index is 0.717. The van der Waals surface area contributed by atoms with E-state index in [4.69, 9.17) is 0 Å². The molecule has 92 valence electrons. The first-order chi connectivity index (χ1) is 8.28. The van der Waals surface area contributed by atoms with E-state index < -0.39 is 0 Å². The van der Waals surface area contributed by atoms with Gasteiger partial charge in [-0.15, -0.1) is 5.10 Å². The standard InChI is InChI=1S/C11H18N6/c1-3-4-12-6-11-9-17(15-14-11)8-10-5-13-16(2)7-10/h5,7,9,12H,3-4,6,8H2,1-2H3. The van der Waals surface area contributed by atoms with E-state index in [1.807, 2.05) is 30.3 Å². The molecule has 0 spiro atoms. The molecule has 0 bridgehead atoms. The second-order valence-corrected chi connectivity index (χ2v) is 4.11. The normalized spacial score (nSPS) is 10.9. The van der Waals surface area contributed by atoms with Gasteiger partial charge in [-0.25, -0.2) is 4.68 Å². The predicted octanol–water partition coefficient (Wildman–Crippen LogP) is 0.559. The molecule has 1 N–H and O–H groups in total. The van der Waals surface area contributed by atoms with Crippen LogP contribution < -0.4 is 5.32 Å². The van der Waals surface area contributed by atoms with E-state index in [1.54, 1.807) is 4.68 Å². The van der Waals surface area contributed by atoms with Crippen LogP contribution in [-0.2, 0) is 20.1 Å². The molecule has 2 rings (SSSR count). The second kappa shape index (κ2) is 5.58. The summed E-state index contributed by atoms with van der Waals surface area (Å²) in [4.78, 5) is 0. The highest BCUT2D eigenvalue weighted by atomic mass is 15.4. The molecule has 2 aromatic heterocycles. The van der Waals surface area contributed by atoms with Crippen LogP contribution in [0.25, 0.3) is 0 Å². The Bertz CT molecular complexity index is 458. The van der Waals surface area contributed by atoms with E-state index in [1.165, 1.54) is 0 Å². The zero-order valence-corrected chi connectivity index (χ0v) is 10.3. The summed E-state index contributed by atoms with van der Waals surface area (Å²) in [5.74, 6) is 0. The van der Waals surface area contributed by atoms with Crippen molar-refractivity contribution in [1.82, 2.24) is 30.1 Å². The van der Waals surface area contributed by atoms with Crippen molar-refractivity contribution >= 4 is 0 Å². The van der Waals surface area contributed by atoms with Gasteiger partial charge in [0.2, 0.25) is 0 Å². The number of nitrogens with one attached hydrogen (secondary N) is 1. The summed E-state index contributed by atoms with van der Waals surface area (Å²) in [6.07, 6.45) is 6.92. The smallest absolute Gasteiger partial charge is 0.0964 e. The maximum absolute atomic E-state index is 4.12. The minimum Gasteiger partial charge on any atom is -0.311 e. The Balaban J connectivity index is 1.89. The molecule has 6 heteroatoms. The van der Waals surface area contributed by atoms with Crippen molar-refractivity contribution < 1.29 is 0 Å². The zero-order chi connectivity index (χ0) is 12.1. The fraction of sp³-hybridized carbons (Fsp3) is 0.545. The third kappa shape index (κ3) is 3.39. The first-order valence-electron chi connectivity index (χ1n) is 5.85. The van der Waals surface area contributed by atoms with Gasteiger partial charge in [-0.1, -0.05) is 12.1 Å². The van der Waals surface area contributed by atoms with Gasteiger partial charge in [0.05, 0.1) is 24.6 Å². The second-order valence-electron chi connectivity index (χ2n) is 4.11. The van der Waals surface area contributed by atoms with Crippen molar-refractivity contribution in [2.24, 2.45) is 7.05 Å². The molecule has 0 fully saturated rings. The summed E-state index contributed by atoms with van der Waals surface area (Å²) in [7, 11) is 1.91. The molecular formula is C11H18N6. The number of hydrogen-bond acceptors (Lipinski definition) is 4. The summed E-state index contributed by atoms with van der Waals surface area (Å²) < 4.78 is 3.62. The van der Waals surface area contributed by atoms with Crippen molar-refractivity contribution in [3.63, 3.8) is 0 Å². The van der Waals surface area contributed by atoms with Gasteiger partial charge < -0.3 is 5.32 Å². The van der Waals surface area contributed by atoms with Crippen molar-refractivity contribution in [3.05, 3.63) is 29.8 Å². The zero-order valence-electron chi connectivity index (χ0n) is 10.3. The monoisotopic (exact) mass is 234 g/mol. The number of aryl methyl sites for hydroxylation is 1. The highest BCUT2D eigenvalue weighted by molar-refractivity contribution is 5.04. The molecule has 0 aliphatic heterocycles. The van der Waals surface area contributed by atoms with Gasteiger partial charge in [-0.05, 0) is 13.0 Å². The number of hydrogen-bond donors (Lipinski definition) is 1. The Morgan fingerprint density at radius 3 is 2.94 bits per heavy atom. The minimum atomic E-state index is 0.717. The topological polar surface area (TPSA) is 60.6 Å². The van der Waals surface area contributed by atoms with Crippen LogP contribution in [-0.4, -0.2) is 31.3 Å². The van der Waals surface area contributed by atoms with E-state index in [2.05, 4.69) is 27.7 Å². The molecule has 17 heavy (non-hydrogen) atoms. The lowest BCUT2D eigenvalue weighted by molar-refractivity contribution is 0.644. The quantitative estimate of drug-likeness (QED) is 0.742. The Labute approximate surface area is 101 Å². The molecule has 0 aromatic carbocycles. The van der Waals surface area contributed by atoms with E-state index in [0.29, 0.717) is 6.54 Å². The van der Waals surface area contributed by atoms with Crippen LogP contribution in [0.3, 0.4) is 0 Å². The fourth-order valence-electron chi connectivity index (χ4n) is 1.63. The molecule has 2 heterocycles. The fourth-order valence-corrected chi connectivity index (χ4v) is 1.63. The molecule has 0 unspecified atom stereocenters. The summed E-state index contributed by atoms with van der Waals surface area (Å²) in [5.41, 5.74) is 2.10. The first kappa shape index (κ1) is 11.8. The predicted molar refractivity (Wildman–Crippen MR) is 64.3 cm³/mol. The average Bonchev–Trinajstić information content (AvgIpc) is 2.90. The van der Waals surface area contributed by atoms with Crippen LogP contribution in [0.15, 0.2) is 18.6 Å². The molecule has 0 aliphatic carbocycles. The van der Waals surface area contributed by atoms with Crippen LogP contribution in [0.5, 0.6) is 0 Å². The highest BCUT2D eigenvalue weighted by Gasteiger charge is 2.02. The molecule has 0 amide bonds. The lowest BCUT2D eigenvalue weighted by atomic mass is 10.3. The summed E-state index contributed by atoms with van der Waals surface area (Å²) >= 11 is 0. The van der Waals surface area contributed by atoms with Crippen LogP contribution >= 0.6 is 0 Å². The van der Waals surface area contributed by atoms with Gasteiger partial charge in [-0.3, -0.25) is 4.68 Å². The highest BCUT2D eigenvalue weighted by Crippen LogP contribution is 2.00. The Kier molecular flexibility index (Phi) is 3.87. The van der Waals surface area contributed by atoms with E-state index >= 15 is 0 Å². The van der Waals surface area contributed by atoms with Crippen molar-refractivity contribution in [2.45, 2.75) is 26.4 Å². The molecule has 0 saturated heterocycles. The van der Waals surface area contributed by atoms with Gasteiger partial charge in [0.1, 0.15) is 0 Å². The molecule has 0 aliphatic rings. The van der Waals surface area contributed by atoms with Gasteiger partial charge in [0.15, 0.2) is 0 Å². The van der Waals surface area contributed by atoms with E-state index in [0.717, 1.165) is 30.8 Å². The van der Waals surface area contributed by atoms with Crippen LogP contribution in [0.1, 0.15) is 24.6 Å². The van der Waals surface area contributed by atoms with Crippen LogP contribution in [0.2, 0.25) is 0 Å². The van der Waals surface area contributed by atoms with Crippen molar-refractivity contribution in [3.8, 4) is 0 Å². The summed E-state index contributed by atoms with van der Waals surface area (Å²) in [6.45, 7) is 4.65. The maximum atomic E-state index is 4.12. The lowest BCUT2D eigenvalue weighted by Gasteiger charge is -1.97. The SMILES string of the molecule is CCCNCc1cn(Cc2cnn(C)c2)nn1. The summed E-state index contributed by atoms with van der Waals surface area (Å²) in [6, 6.07) is 0. The molecule has 0 radical (unpaired) electrons. The molecule has 2 aromatic rings.